The van der Waals surface area contributed by atoms with Crippen molar-refractivity contribution in [2.24, 2.45) is 0 Å². The number of furan rings is 1. The van der Waals surface area contributed by atoms with E-state index in [2.05, 4.69) is 20.1 Å². The average molecular weight is 544 g/mol. The number of nitrogens with zero attached hydrogens (tertiary/aromatic N) is 5. The zero-order valence-electron chi connectivity index (χ0n) is 19.6. The molecule has 0 aliphatic rings. The number of hydrogen-bond donors (Lipinski definition) is 0. The minimum atomic E-state index is -4.54. The number of aromatic nitrogens is 5. The van der Waals surface area contributed by atoms with Gasteiger partial charge in [0.1, 0.15) is 39.7 Å². The van der Waals surface area contributed by atoms with E-state index in [1.54, 1.807) is 19.1 Å². The lowest BCUT2D eigenvalue weighted by molar-refractivity contribution is -0.141. The number of benzene rings is 1. The summed E-state index contributed by atoms with van der Waals surface area (Å²) in [6.45, 7) is 5.64. The van der Waals surface area contributed by atoms with E-state index in [-0.39, 0.29) is 11.4 Å². The van der Waals surface area contributed by atoms with Crippen LogP contribution in [0.15, 0.2) is 41.1 Å². The van der Waals surface area contributed by atoms with Crippen LogP contribution >= 0.6 is 22.9 Å². The number of aryl methyl sites for hydroxylation is 3. The third kappa shape index (κ3) is 4.08. The summed E-state index contributed by atoms with van der Waals surface area (Å²) in [5.74, 6) is 1.99. The van der Waals surface area contributed by atoms with Gasteiger partial charge in [-0.15, -0.1) is 16.4 Å². The van der Waals surface area contributed by atoms with Gasteiger partial charge in [0.15, 0.2) is 11.4 Å². The number of halogens is 4. The third-order valence-electron chi connectivity index (χ3n) is 5.93. The monoisotopic (exact) mass is 543 g/mol. The molecule has 6 aromatic rings. The van der Waals surface area contributed by atoms with E-state index < -0.39 is 11.9 Å². The molecule has 188 valence electrons. The van der Waals surface area contributed by atoms with Crippen molar-refractivity contribution < 1.29 is 22.3 Å². The minimum absolute atomic E-state index is 0.197. The largest absolute Gasteiger partial charge is 0.486 e. The topological polar surface area (TPSA) is 78.3 Å². The van der Waals surface area contributed by atoms with Crippen LogP contribution in [0.1, 0.15) is 28.1 Å². The van der Waals surface area contributed by atoms with Gasteiger partial charge < -0.3 is 9.15 Å². The summed E-state index contributed by atoms with van der Waals surface area (Å²) in [5, 5.41) is 5.73. The van der Waals surface area contributed by atoms with Crippen LogP contribution in [0.5, 0.6) is 5.75 Å². The van der Waals surface area contributed by atoms with Crippen molar-refractivity contribution in [1.29, 1.82) is 0 Å². The van der Waals surface area contributed by atoms with Crippen LogP contribution in [0.2, 0.25) is 5.02 Å². The summed E-state index contributed by atoms with van der Waals surface area (Å²) in [6, 6.07) is 8.27. The van der Waals surface area contributed by atoms with Crippen LogP contribution in [0.4, 0.5) is 13.2 Å². The summed E-state index contributed by atoms with van der Waals surface area (Å²) < 4.78 is 53.7. The van der Waals surface area contributed by atoms with Crippen molar-refractivity contribution in [3.63, 3.8) is 0 Å². The molecule has 0 bridgehead atoms. The zero-order valence-corrected chi connectivity index (χ0v) is 21.2. The lowest BCUT2D eigenvalue weighted by Gasteiger charge is -2.08. The van der Waals surface area contributed by atoms with E-state index in [9.17, 15) is 13.2 Å². The van der Waals surface area contributed by atoms with Gasteiger partial charge in [0.2, 0.25) is 5.82 Å². The number of ether oxygens (including phenoxy) is 1. The predicted molar refractivity (Wildman–Crippen MR) is 134 cm³/mol. The van der Waals surface area contributed by atoms with E-state index in [1.165, 1.54) is 10.8 Å². The molecular weight excluding hydrogens is 527 g/mol. The van der Waals surface area contributed by atoms with Crippen molar-refractivity contribution in [3.05, 3.63) is 69.8 Å². The molecule has 12 heteroatoms. The van der Waals surface area contributed by atoms with Crippen LogP contribution in [0.3, 0.4) is 0 Å². The Hall–Kier alpha value is -3.70. The highest BCUT2D eigenvalue weighted by molar-refractivity contribution is 7.26. The standard InChI is InChI=1S/C25H17ClF3N5O2S/c1-11-8-17(25(27,28)29)31-24-18(11)20-21(37-24)23-32-22(33-34(23)10-30-20)16-5-4-14(36-16)9-35-15-6-12(2)19(26)13(3)7-15/h4-8,10H,9H2,1-3H3. The lowest BCUT2D eigenvalue weighted by atomic mass is 10.1. The zero-order chi connectivity index (χ0) is 26.1. The Morgan fingerprint density at radius 3 is 2.54 bits per heavy atom. The van der Waals surface area contributed by atoms with E-state index in [1.807, 2.05) is 26.0 Å². The second-order valence-corrected chi connectivity index (χ2v) is 10.0. The predicted octanol–water partition coefficient (Wildman–Crippen LogP) is 7.32. The maximum absolute atomic E-state index is 13.3. The van der Waals surface area contributed by atoms with Crippen molar-refractivity contribution in [2.45, 2.75) is 33.6 Å². The SMILES string of the molecule is Cc1cc(OCc2ccc(-c3nc4c5sc6nc(C(F)(F)F)cc(C)c6c5ncn4n3)o2)cc(C)c1Cl. The Kier molecular flexibility index (Phi) is 5.39. The second kappa shape index (κ2) is 8.42. The molecule has 5 aromatic heterocycles. The summed E-state index contributed by atoms with van der Waals surface area (Å²) >= 11 is 7.32. The molecule has 0 saturated heterocycles. The van der Waals surface area contributed by atoms with Gasteiger partial charge in [-0.05, 0) is 67.8 Å². The maximum atomic E-state index is 13.3. The Labute approximate surface area is 216 Å². The molecule has 37 heavy (non-hydrogen) atoms. The Morgan fingerprint density at radius 2 is 1.81 bits per heavy atom. The molecule has 0 saturated carbocycles. The highest BCUT2D eigenvalue weighted by Gasteiger charge is 2.33. The molecule has 0 fully saturated rings. The van der Waals surface area contributed by atoms with Gasteiger partial charge in [0.25, 0.3) is 0 Å². The molecule has 0 atom stereocenters. The van der Waals surface area contributed by atoms with Gasteiger partial charge in [0, 0.05) is 10.4 Å². The fourth-order valence-electron chi connectivity index (χ4n) is 4.18. The van der Waals surface area contributed by atoms with E-state index in [4.69, 9.17) is 20.8 Å². The van der Waals surface area contributed by atoms with E-state index >= 15 is 0 Å². The molecule has 0 aliphatic heterocycles. The second-order valence-electron chi connectivity index (χ2n) is 8.66. The van der Waals surface area contributed by atoms with Crippen molar-refractivity contribution in [2.75, 3.05) is 0 Å². The van der Waals surface area contributed by atoms with E-state index in [0.717, 1.165) is 28.5 Å². The van der Waals surface area contributed by atoms with Gasteiger partial charge in [-0.2, -0.15) is 13.2 Å². The van der Waals surface area contributed by atoms with Crippen LogP contribution in [0.25, 0.3) is 37.7 Å². The first-order valence-electron chi connectivity index (χ1n) is 11.1. The fraction of sp³-hybridized carbons (Fsp3) is 0.200. The average Bonchev–Trinajstić information content (AvgIpc) is 3.56. The number of hydrogen-bond acceptors (Lipinski definition) is 7. The lowest BCUT2D eigenvalue weighted by Crippen LogP contribution is -2.07. The smallest absolute Gasteiger partial charge is 0.433 e. The molecule has 0 N–H and O–H groups in total. The van der Waals surface area contributed by atoms with Crippen LogP contribution in [0, 0.1) is 20.8 Å². The maximum Gasteiger partial charge on any atom is 0.433 e. The Morgan fingerprint density at radius 1 is 1.05 bits per heavy atom. The quantitative estimate of drug-likeness (QED) is 0.232. The van der Waals surface area contributed by atoms with Crippen molar-refractivity contribution >= 4 is 49.0 Å². The molecule has 0 spiro atoms. The molecular formula is C25H17ClF3N5O2S. The van der Waals surface area contributed by atoms with Crippen molar-refractivity contribution in [3.8, 4) is 17.3 Å². The number of rotatable bonds is 4. The Bertz CT molecular complexity index is 1820. The normalized spacial score (nSPS) is 12.3. The van der Waals surface area contributed by atoms with Gasteiger partial charge >= 0.3 is 6.18 Å². The van der Waals surface area contributed by atoms with Gasteiger partial charge in [0.05, 0.1) is 5.52 Å². The third-order valence-corrected chi connectivity index (χ3v) is 7.59. The van der Waals surface area contributed by atoms with Gasteiger partial charge in [-0.25, -0.2) is 19.5 Å². The summed E-state index contributed by atoms with van der Waals surface area (Å²) in [6.07, 6.45) is -3.05. The number of pyridine rings is 1. The summed E-state index contributed by atoms with van der Waals surface area (Å²) in [5.41, 5.74) is 2.35. The van der Waals surface area contributed by atoms with Crippen LogP contribution in [-0.4, -0.2) is 24.6 Å². The van der Waals surface area contributed by atoms with Gasteiger partial charge in [-0.1, -0.05) is 11.6 Å². The highest BCUT2D eigenvalue weighted by Crippen LogP contribution is 2.39. The highest BCUT2D eigenvalue weighted by atomic mass is 35.5. The number of alkyl halides is 3. The molecule has 7 nitrogen and oxygen atoms in total. The first-order valence-corrected chi connectivity index (χ1v) is 12.3. The number of fused-ring (bicyclic) bond motifs is 5. The van der Waals surface area contributed by atoms with Gasteiger partial charge in [-0.3, -0.25) is 0 Å². The molecule has 6 rings (SSSR count). The Balaban J connectivity index is 1.34. The molecule has 5 heterocycles. The molecule has 0 aliphatic carbocycles. The van der Waals surface area contributed by atoms with Crippen LogP contribution < -0.4 is 4.74 Å². The van der Waals surface area contributed by atoms with E-state index in [0.29, 0.717) is 54.9 Å². The van der Waals surface area contributed by atoms with Crippen molar-refractivity contribution in [1.82, 2.24) is 24.6 Å². The first-order chi connectivity index (χ1) is 17.6. The summed E-state index contributed by atoms with van der Waals surface area (Å²) in [7, 11) is 0. The molecule has 0 radical (unpaired) electrons. The summed E-state index contributed by atoms with van der Waals surface area (Å²) in [4.78, 5) is 13.1. The van der Waals surface area contributed by atoms with Crippen LogP contribution in [-0.2, 0) is 12.8 Å². The molecule has 1 aromatic carbocycles. The first kappa shape index (κ1) is 23.7. The minimum Gasteiger partial charge on any atom is -0.486 e. The molecule has 0 amide bonds. The number of thiophene rings is 1. The fourth-order valence-corrected chi connectivity index (χ4v) is 5.47. The molecule has 0 unspecified atom stereocenters.